The van der Waals surface area contributed by atoms with E-state index in [1.54, 1.807) is 4.90 Å². The van der Waals surface area contributed by atoms with Crippen LogP contribution in [-0.2, 0) is 15.5 Å². The Balaban J connectivity index is 1.78. The maximum absolute atomic E-state index is 12.2. The summed E-state index contributed by atoms with van der Waals surface area (Å²) < 4.78 is 17.5. The monoisotopic (exact) mass is 330 g/mol. The summed E-state index contributed by atoms with van der Waals surface area (Å²) in [5, 5.41) is 3.90. The van der Waals surface area contributed by atoms with Crippen molar-refractivity contribution in [3.63, 3.8) is 0 Å². The van der Waals surface area contributed by atoms with Crippen molar-refractivity contribution in [1.29, 1.82) is 0 Å². The summed E-state index contributed by atoms with van der Waals surface area (Å²) in [7, 11) is -0.736. The minimum absolute atomic E-state index is 0.233. The first kappa shape index (κ1) is 17.7. The lowest BCUT2D eigenvalue weighted by molar-refractivity contribution is 0.00374. The number of hydrogen-bond donors (Lipinski definition) is 1. The van der Waals surface area contributed by atoms with Gasteiger partial charge in [0.2, 0.25) is 0 Å². The molecule has 1 amide bonds. The lowest BCUT2D eigenvalue weighted by atomic mass is 9.93. The summed E-state index contributed by atoms with van der Waals surface area (Å²) in [6, 6.07) is 0.646. The van der Waals surface area contributed by atoms with Crippen molar-refractivity contribution in [2.45, 2.75) is 76.3 Å². The highest BCUT2D eigenvalue weighted by Crippen LogP contribution is 2.25. The van der Waals surface area contributed by atoms with E-state index in [1.807, 2.05) is 27.7 Å². The smallest absolute Gasteiger partial charge is 0.410 e. The normalized spacial score (nSPS) is 28.1. The fraction of sp³-hybridized carbons (Fsp3) is 0.938. The quantitative estimate of drug-likeness (QED) is 0.859. The Morgan fingerprint density at radius 3 is 2.50 bits per heavy atom. The maximum Gasteiger partial charge on any atom is 0.410 e. The van der Waals surface area contributed by atoms with Crippen LogP contribution in [0.1, 0.15) is 53.4 Å². The van der Waals surface area contributed by atoms with Crippen LogP contribution in [0.2, 0.25) is 0 Å². The molecule has 1 heterocycles. The van der Waals surface area contributed by atoms with E-state index in [-0.39, 0.29) is 11.3 Å². The number of likely N-dealkylation sites (tertiary alicyclic amines) is 1. The molecule has 2 rings (SSSR count). The molecule has 1 saturated carbocycles. The molecular weight excluding hydrogens is 300 g/mol. The van der Waals surface area contributed by atoms with Crippen LogP contribution in [0, 0.1) is 0 Å². The van der Waals surface area contributed by atoms with E-state index < -0.39 is 16.4 Å². The largest absolute Gasteiger partial charge is 0.444 e. The van der Waals surface area contributed by atoms with Crippen LogP contribution in [0.25, 0.3) is 0 Å². The second-order valence-electron chi connectivity index (χ2n) is 7.35. The van der Waals surface area contributed by atoms with E-state index in [4.69, 9.17) is 4.74 Å². The van der Waals surface area contributed by atoms with Gasteiger partial charge in [0, 0.05) is 41.7 Å². The van der Waals surface area contributed by atoms with Gasteiger partial charge in [-0.05, 0) is 33.6 Å². The van der Waals surface area contributed by atoms with Crippen LogP contribution in [0.3, 0.4) is 0 Å². The fourth-order valence-corrected chi connectivity index (χ4v) is 4.62. The Hall–Kier alpha value is -0.620. The van der Waals surface area contributed by atoms with Gasteiger partial charge >= 0.3 is 6.09 Å². The molecule has 1 aliphatic heterocycles. The van der Waals surface area contributed by atoms with Gasteiger partial charge in [0.15, 0.2) is 0 Å². The molecule has 0 aromatic carbocycles. The Labute approximate surface area is 136 Å². The second kappa shape index (κ2) is 7.30. The number of ether oxygens (including phenoxy) is 1. The number of carbonyl (C=O) groups is 1. The summed E-state index contributed by atoms with van der Waals surface area (Å²) >= 11 is 0. The molecule has 0 unspecified atom stereocenters. The van der Waals surface area contributed by atoms with Crippen LogP contribution in [0.15, 0.2) is 0 Å². The highest BCUT2D eigenvalue weighted by Gasteiger charge is 2.37. The van der Waals surface area contributed by atoms with Gasteiger partial charge in [-0.15, -0.1) is 0 Å². The molecule has 5 nitrogen and oxygen atoms in total. The first-order valence-electron chi connectivity index (χ1n) is 8.41. The third-order valence-corrected chi connectivity index (χ3v) is 6.12. The third kappa shape index (κ3) is 4.69. The third-order valence-electron chi connectivity index (χ3n) is 4.31. The Kier molecular flexibility index (Phi) is 5.88. The summed E-state index contributed by atoms with van der Waals surface area (Å²) in [6.45, 7) is 9.02. The first-order valence-corrected chi connectivity index (χ1v) is 9.79. The minimum Gasteiger partial charge on any atom is -0.444 e. The molecule has 128 valence electrons. The van der Waals surface area contributed by atoms with Gasteiger partial charge in [-0.25, -0.2) is 4.79 Å². The molecule has 2 aliphatic rings. The molecule has 6 heteroatoms. The molecule has 1 saturated heterocycles. The molecule has 3 atom stereocenters. The fourth-order valence-electron chi connectivity index (χ4n) is 3.18. The average Bonchev–Trinajstić information content (AvgIpc) is 2.39. The van der Waals surface area contributed by atoms with Gasteiger partial charge in [0.1, 0.15) is 5.60 Å². The standard InChI is InChI=1S/C16H30N2O3S/c1-5-22(20)14-9-7-6-8-13(14)17-12-10-18(11-12)15(19)21-16(2,3)4/h12-14,17H,5-11H2,1-4H3/t13-,14-,22-/m0/s1. The van der Waals surface area contributed by atoms with Gasteiger partial charge in [0.05, 0.1) is 5.25 Å². The van der Waals surface area contributed by atoms with Gasteiger partial charge in [-0.2, -0.15) is 0 Å². The zero-order chi connectivity index (χ0) is 16.3. The van der Waals surface area contributed by atoms with Crippen molar-refractivity contribution < 1.29 is 13.7 Å². The molecule has 0 aromatic rings. The number of nitrogens with zero attached hydrogens (tertiary/aromatic N) is 1. The molecule has 0 radical (unpaired) electrons. The molecule has 1 aliphatic carbocycles. The summed E-state index contributed by atoms with van der Waals surface area (Å²) in [4.78, 5) is 13.7. The molecular formula is C16H30N2O3S. The SMILES string of the molecule is CC[S@](=O)[C@H]1CCCC[C@@H]1NC1CN(C(=O)OC(C)(C)C)C1. The van der Waals surface area contributed by atoms with E-state index in [0.717, 1.165) is 18.6 Å². The van der Waals surface area contributed by atoms with Crippen molar-refractivity contribution in [2.24, 2.45) is 0 Å². The van der Waals surface area contributed by atoms with E-state index in [2.05, 4.69) is 5.32 Å². The molecule has 0 spiro atoms. The predicted octanol–water partition coefficient (Wildman–Crippen LogP) is 2.28. The number of rotatable bonds is 4. The number of hydrogen-bond acceptors (Lipinski definition) is 4. The second-order valence-corrected chi connectivity index (χ2v) is 9.29. The lowest BCUT2D eigenvalue weighted by Gasteiger charge is -2.43. The Morgan fingerprint density at radius 1 is 1.27 bits per heavy atom. The lowest BCUT2D eigenvalue weighted by Crippen LogP contribution is -2.64. The highest BCUT2D eigenvalue weighted by atomic mass is 32.2. The van der Waals surface area contributed by atoms with E-state index in [1.165, 1.54) is 12.8 Å². The van der Waals surface area contributed by atoms with Crippen LogP contribution in [0.5, 0.6) is 0 Å². The average molecular weight is 330 g/mol. The number of amides is 1. The van der Waals surface area contributed by atoms with E-state index in [0.29, 0.717) is 25.2 Å². The molecule has 0 aromatic heterocycles. The molecule has 0 bridgehead atoms. The van der Waals surface area contributed by atoms with Gasteiger partial charge in [-0.1, -0.05) is 19.8 Å². The summed E-state index contributed by atoms with van der Waals surface area (Å²) in [6.07, 6.45) is 4.31. The van der Waals surface area contributed by atoms with Gasteiger partial charge in [-0.3, -0.25) is 4.21 Å². The summed E-state index contributed by atoms with van der Waals surface area (Å²) in [5.74, 6) is 0.734. The minimum atomic E-state index is -0.736. The van der Waals surface area contributed by atoms with Crippen LogP contribution < -0.4 is 5.32 Å². The Morgan fingerprint density at radius 2 is 1.91 bits per heavy atom. The van der Waals surface area contributed by atoms with Gasteiger partial charge < -0.3 is 15.0 Å². The van der Waals surface area contributed by atoms with Crippen LogP contribution >= 0.6 is 0 Å². The predicted molar refractivity (Wildman–Crippen MR) is 89.5 cm³/mol. The van der Waals surface area contributed by atoms with Crippen molar-refractivity contribution >= 4 is 16.9 Å². The Bertz CT molecular complexity index is 416. The van der Waals surface area contributed by atoms with Crippen LogP contribution in [-0.4, -0.2) is 57.0 Å². The van der Waals surface area contributed by atoms with Crippen molar-refractivity contribution in [3.8, 4) is 0 Å². The highest BCUT2D eigenvalue weighted by molar-refractivity contribution is 7.85. The molecule has 22 heavy (non-hydrogen) atoms. The van der Waals surface area contributed by atoms with E-state index in [9.17, 15) is 9.00 Å². The topological polar surface area (TPSA) is 58.6 Å². The van der Waals surface area contributed by atoms with Gasteiger partial charge in [0.25, 0.3) is 0 Å². The van der Waals surface area contributed by atoms with E-state index >= 15 is 0 Å². The van der Waals surface area contributed by atoms with Crippen molar-refractivity contribution in [2.75, 3.05) is 18.8 Å². The number of nitrogens with one attached hydrogen (secondary N) is 1. The van der Waals surface area contributed by atoms with Crippen LogP contribution in [0.4, 0.5) is 4.79 Å². The molecule has 2 fully saturated rings. The first-order chi connectivity index (χ1) is 10.3. The van der Waals surface area contributed by atoms with Crippen molar-refractivity contribution in [1.82, 2.24) is 10.2 Å². The number of carbonyl (C=O) groups excluding carboxylic acids is 1. The summed E-state index contributed by atoms with van der Waals surface area (Å²) in [5.41, 5.74) is -0.442. The maximum atomic E-state index is 12.2. The molecule has 1 N–H and O–H groups in total. The zero-order valence-corrected chi connectivity index (χ0v) is 15.1. The van der Waals surface area contributed by atoms with Crippen molar-refractivity contribution in [3.05, 3.63) is 0 Å². The zero-order valence-electron chi connectivity index (χ0n) is 14.3.